The first-order valence-electron chi connectivity index (χ1n) is 10.0. The van der Waals surface area contributed by atoms with Crippen molar-refractivity contribution in [2.24, 2.45) is 16.8 Å². The van der Waals surface area contributed by atoms with Gasteiger partial charge in [0.25, 0.3) is 0 Å². The number of hydrogen-bond acceptors (Lipinski definition) is 3. The molecule has 1 aromatic carbocycles. The summed E-state index contributed by atoms with van der Waals surface area (Å²) in [4.78, 5) is 16.3. The fourth-order valence-electron chi connectivity index (χ4n) is 2.78. The molecule has 3 N–H and O–H groups in total. The minimum absolute atomic E-state index is 0. The minimum atomic E-state index is 0. The number of nitrogens with zero attached hydrogens (tertiary/aromatic N) is 1. The number of amides is 1. The van der Waals surface area contributed by atoms with Crippen molar-refractivity contribution in [1.82, 2.24) is 10.6 Å². The van der Waals surface area contributed by atoms with Crippen molar-refractivity contribution in [1.29, 1.82) is 0 Å². The second kappa shape index (κ2) is 13.8. The highest BCUT2D eigenvalue weighted by Crippen LogP contribution is 2.27. The summed E-state index contributed by atoms with van der Waals surface area (Å²) in [5.74, 6) is 1.67. The van der Waals surface area contributed by atoms with Crippen molar-refractivity contribution in [3.05, 3.63) is 29.8 Å². The van der Waals surface area contributed by atoms with Gasteiger partial charge >= 0.3 is 0 Å². The van der Waals surface area contributed by atoms with Crippen LogP contribution in [0.15, 0.2) is 29.3 Å². The Hall–Kier alpha value is -1.35. The number of carbonyl (C=O) groups is 1. The van der Waals surface area contributed by atoms with E-state index < -0.39 is 0 Å². The van der Waals surface area contributed by atoms with Gasteiger partial charge in [-0.05, 0) is 42.9 Å². The molecule has 28 heavy (non-hydrogen) atoms. The molecule has 1 saturated carbocycles. The first-order valence-corrected chi connectivity index (χ1v) is 10.0. The smallest absolute Gasteiger partial charge is 0.227 e. The molecule has 0 heterocycles. The van der Waals surface area contributed by atoms with Crippen LogP contribution in [0.3, 0.4) is 0 Å². The standard InChI is InChI=1S/C21H34N4O2.HI/c1-16(2)15-27-12-6-11-23-21(22-3)24-14-17-7-4-10-19(13-17)25-20(26)18-8-5-9-18;/h4,7,10,13,16,18H,5-6,8-9,11-12,14-15H2,1-3H3,(H,25,26)(H2,22,23,24);1H. The molecule has 0 spiro atoms. The summed E-state index contributed by atoms with van der Waals surface area (Å²) in [6.07, 6.45) is 4.13. The monoisotopic (exact) mass is 502 g/mol. The molecular formula is C21H35IN4O2. The predicted molar refractivity (Wildman–Crippen MR) is 126 cm³/mol. The summed E-state index contributed by atoms with van der Waals surface area (Å²) in [6, 6.07) is 7.95. The van der Waals surface area contributed by atoms with E-state index in [0.717, 1.165) is 62.7 Å². The predicted octanol–water partition coefficient (Wildman–Crippen LogP) is 3.77. The van der Waals surface area contributed by atoms with E-state index in [0.29, 0.717) is 12.5 Å². The van der Waals surface area contributed by atoms with Gasteiger partial charge in [-0.1, -0.05) is 32.4 Å². The SMILES string of the molecule is CN=C(NCCCOCC(C)C)NCc1cccc(NC(=O)C2CCC2)c1.I. The first-order chi connectivity index (χ1) is 13.1. The van der Waals surface area contributed by atoms with Crippen molar-refractivity contribution in [3.8, 4) is 0 Å². The first kappa shape index (κ1) is 24.7. The van der Waals surface area contributed by atoms with Crippen LogP contribution in [0.2, 0.25) is 0 Å². The van der Waals surface area contributed by atoms with E-state index in [1.54, 1.807) is 7.05 Å². The summed E-state index contributed by atoms with van der Waals surface area (Å²) < 4.78 is 5.58. The molecule has 1 aromatic rings. The molecule has 0 aromatic heterocycles. The van der Waals surface area contributed by atoms with Crippen LogP contribution in [0.25, 0.3) is 0 Å². The summed E-state index contributed by atoms with van der Waals surface area (Å²) in [5, 5.41) is 9.62. The number of nitrogens with one attached hydrogen (secondary N) is 3. The fraction of sp³-hybridized carbons (Fsp3) is 0.619. The molecule has 0 unspecified atom stereocenters. The van der Waals surface area contributed by atoms with Crippen LogP contribution in [-0.2, 0) is 16.1 Å². The Bertz CT molecular complexity index is 618. The Labute approximate surface area is 186 Å². The molecule has 6 nitrogen and oxygen atoms in total. The third kappa shape index (κ3) is 9.23. The van der Waals surface area contributed by atoms with Gasteiger partial charge in [-0.2, -0.15) is 0 Å². The lowest BCUT2D eigenvalue weighted by molar-refractivity contribution is -0.122. The Balaban J connectivity index is 0.00000392. The molecular weight excluding hydrogens is 467 g/mol. The zero-order chi connectivity index (χ0) is 19.5. The van der Waals surface area contributed by atoms with E-state index in [1.807, 2.05) is 24.3 Å². The number of guanidine groups is 1. The van der Waals surface area contributed by atoms with E-state index in [-0.39, 0.29) is 35.8 Å². The van der Waals surface area contributed by atoms with Gasteiger partial charge in [-0.15, -0.1) is 24.0 Å². The topological polar surface area (TPSA) is 74.8 Å². The average molecular weight is 502 g/mol. The van der Waals surface area contributed by atoms with Crippen LogP contribution < -0.4 is 16.0 Å². The summed E-state index contributed by atoms with van der Waals surface area (Å²) in [5.41, 5.74) is 1.96. The quantitative estimate of drug-likeness (QED) is 0.197. The highest BCUT2D eigenvalue weighted by Gasteiger charge is 2.25. The number of benzene rings is 1. The molecule has 158 valence electrons. The van der Waals surface area contributed by atoms with Crippen LogP contribution in [0, 0.1) is 11.8 Å². The lowest BCUT2D eigenvalue weighted by Gasteiger charge is -2.24. The number of anilines is 1. The van der Waals surface area contributed by atoms with Crippen LogP contribution in [-0.4, -0.2) is 38.7 Å². The van der Waals surface area contributed by atoms with Crippen LogP contribution >= 0.6 is 24.0 Å². The average Bonchev–Trinajstić information content (AvgIpc) is 2.59. The maximum absolute atomic E-state index is 12.1. The second-order valence-electron chi connectivity index (χ2n) is 7.49. The molecule has 2 rings (SSSR count). The van der Waals surface area contributed by atoms with Crippen LogP contribution in [0.5, 0.6) is 0 Å². The van der Waals surface area contributed by atoms with Crippen molar-refractivity contribution >= 4 is 41.5 Å². The number of halogens is 1. The fourth-order valence-corrected chi connectivity index (χ4v) is 2.78. The van der Waals surface area contributed by atoms with Crippen molar-refractivity contribution < 1.29 is 9.53 Å². The van der Waals surface area contributed by atoms with Gasteiger partial charge in [-0.25, -0.2) is 0 Å². The van der Waals surface area contributed by atoms with E-state index in [1.165, 1.54) is 0 Å². The molecule has 0 aliphatic heterocycles. The van der Waals surface area contributed by atoms with Gasteiger partial charge in [0.05, 0.1) is 0 Å². The zero-order valence-electron chi connectivity index (χ0n) is 17.3. The highest BCUT2D eigenvalue weighted by atomic mass is 127. The summed E-state index contributed by atoms with van der Waals surface area (Å²) in [7, 11) is 1.76. The second-order valence-corrected chi connectivity index (χ2v) is 7.49. The summed E-state index contributed by atoms with van der Waals surface area (Å²) in [6.45, 7) is 7.33. The molecule has 0 bridgehead atoms. The van der Waals surface area contributed by atoms with Gasteiger partial charge in [-0.3, -0.25) is 9.79 Å². The molecule has 1 aliphatic rings. The van der Waals surface area contributed by atoms with Gasteiger partial charge in [0.15, 0.2) is 5.96 Å². The van der Waals surface area contributed by atoms with Crippen molar-refractivity contribution in [2.45, 2.75) is 46.1 Å². The largest absolute Gasteiger partial charge is 0.381 e. The zero-order valence-corrected chi connectivity index (χ0v) is 19.6. The molecule has 7 heteroatoms. The Kier molecular flexibility index (Phi) is 12.1. The lowest BCUT2D eigenvalue weighted by Crippen LogP contribution is -2.37. The Morgan fingerprint density at radius 1 is 1.29 bits per heavy atom. The van der Waals surface area contributed by atoms with E-state index in [4.69, 9.17) is 4.74 Å². The number of aliphatic imine (C=N–C) groups is 1. The van der Waals surface area contributed by atoms with Crippen molar-refractivity contribution in [3.63, 3.8) is 0 Å². The number of hydrogen-bond donors (Lipinski definition) is 3. The molecule has 0 radical (unpaired) electrons. The van der Waals surface area contributed by atoms with Gasteiger partial charge in [0.2, 0.25) is 5.91 Å². The van der Waals surface area contributed by atoms with E-state index in [2.05, 4.69) is 34.8 Å². The van der Waals surface area contributed by atoms with E-state index >= 15 is 0 Å². The van der Waals surface area contributed by atoms with Crippen molar-refractivity contribution in [2.75, 3.05) is 32.1 Å². The maximum Gasteiger partial charge on any atom is 0.227 e. The molecule has 0 atom stereocenters. The van der Waals surface area contributed by atoms with Gasteiger partial charge in [0, 0.05) is 45.0 Å². The summed E-state index contributed by atoms with van der Waals surface area (Å²) >= 11 is 0. The Morgan fingerprint density at radius 2 is 2.07 bits per heavy atom. The number of carbonyl (C=O) groups excluding carboxylic acids is 1. The van der Waals surface area contributed by atoms with Gasteiger partial charge < -0.3 is 20.7 Å². The lowest BCUT2D eigenvalue weighted by atomic mass is 9.85. The number of rotatable bonds is 10. The minimum Gasteiger partial charge on any atom is -0.381 e. The maximum atomic E-state index is 12.1. The van der Waals surface area contributed by atoms with Crippen LogP contribution in [0.4, 0.5) is 5.69 Å². The Morgan fingerprint density at radius 3 is 2.71 bits per heavy atom. The van der Waals surface area contributed by atoms with Crippen LogP contribution in [0.1, 0.15) is 45.1 Å². The highest BCUT2D eigenvalue weighted by molar-refractivity contribution is 14.0. The van der Waals surface area contributed by atoms with Gasteiger partial charge in [0.1, 0.15) is 0 Å². The van der Waals surface area contributed by atoms with E-state index in [9.17, 15) is 4.79 Å². The molecule has 1 fully saturated rings. The molecule has 1 aliphatic carbocycles. The number of ether oxygens (including phenoxy) is 1. The normalized spacial score (nSPS) is 14.2. The third-order valence-electron chi connectivity index (χ3n) is 4.56. The third-order valence-corrected chi connectivity index (χ3v) is 4.56. The molecule has 1 amide bonds. The molecule has 0 saturated heterocycles.